The third-order valence-electron chi connectivity index (χ3n) is 7.37. The molecular weight excluding hydrogens is 554 g/mol. The summed E-state index contributed by atoms with van der Waals surface area (Å²) < 4.78 is 63.6. The maximum atomic E-state index is 14.7. The zero-order valence-corrected chi connectivity index (χ0v) is 24.0. The lowest BCUT2D eigenvalue weighted by atomic mass is 9.73. The van der Waals surface area contributed by atoms with E-state index in [1.54, 1.807) is 6.20 Å². The second-order valence-corrected chi connectivity index (χ2v) is 12.5. The fraction of sp³-hybridized carbons (Fsp3) is 0.414. The normalized spacial score (nSPS) is 20.9. The van der Waals surface area contributed by atoms with Gasteiger partial charge in [-0.2, -0.15) is 0 Å². The van der Waals surface area contributed by atoms with Crippen LogP contribution in [0.15, 0.2) is 48.8 Å². The number of nitrogens with one attached hydrogen (secondary N) is 1. The van der Waals surface area contributed by atoms with Crippen molar-refractivity contribution >= 4 is 21.4 Å². The van der Waals surface area contributed by atoms with Gasteiger partial charge in [0.25, 0.3) is 5.91 Å². The third kappa shape index (κ3) is 7.24. The number of benzene rings is 1. The van der Waals surface area contributed by atoms with Crippen LogP contribution in [0.2, 0.25) is 0 Å². The Morgan fingerprint density at radius 3 is 2.63 bits per heavy atom. The first-order chi connectivity index (χ1) is 19.5. The fourth-order valence-corrected chi connectivity index (χ4v) is 5.76. The molecule has 220 valence electrons. The monoisotopic (exact) mass is 588 g/mol. The first kappa shape index (κ1) is 30.5. The lowest BCUT2D eigenvalue weighted by Gasteiger charge is -2.40. The minimum absolute atomic E-state index is 0.0255. The lowest BCUT2D eigenvalue weighted by Crippen LogP contribution is -2.47. The van der Waals surface area contributed by atoms with Gasteiger partial charge in [0.1, 0.15) is 38.6 Å². The van der Waals surface area contributed by atoms with Crippen molar-refractivity contribution in [2.45, 2.75) is 44.2 Å². The van der Waals surface area contributed by atoms with Gasteiger partial charge >= 0.3 is 0 Å². The maximum Gasteiger partial charge on any atom is 0.274 e. The Bertz CT molecular complexity index is 1500. The third-order valence-corrected chi connectivity index (χ3v) is 8.28. The van der Waals surface area contributed by atoms with E-state index >= 15 is 0 Å². The number of sulfone groups is 1. The van der Waals surface area contributed by atoms with Gasteiger partial charge < -0.3 is 20.5 Å². The van der Waals surface area contributed by atoms with Crippen molar-refractivity contribution in [1.82, 2.24) is 9.97 Å². The number of nitrogens with two attached hydrogens (primary N) is 1. The summed E-state index contributed by atoms with van der Waals surface area (Å²) in [6.45, 7) is 2.12. The first-order valence-corrected chi connectivity index (χ1v) is 15.4. The van der Waals surface area contributed by atoms with Crippen molar-refractivity contribution in [1.29, 1.82) is 0 Å². The zero-order valence-electron chi connectivity index (χ0n) is 23.1. The predicted octanol–water partition coefficient (Wildman–Crippen LogP) is 4.34. The van der Waals surface area contributed by atoms with Crippen molar-refractivity contribution in [2.75, 3.05) is 31.0 Å². The average molecular weight is 589 g/mol. The van der Waals surface area contributed by atoms with Gasteiger partial charge in [-0.3, -0.25) is 9.78 Å². The molecule has 2 aromatic heterocycles. The minimum atomic E-state index is -3.15. The number of anilines is 1. The molecule has 0 aliphatic heterocycles. The van der Waals surface area contributed by atoms with Crippen LogP contribution in [0.4, 0.5) is 14.5 Å². The van der Waals surface area contributed by atoms with Crippen LogP contribution in [0, 0.1) is 17.6 Å². The molecule has 0 saturated heterocycles. The van der Waals surface area contributed by atoms with E-state index < -0.39 is 27.4 Å². The van der Waals surface area contributed by atoms with Crippen molar-refractivity contribution in [3.63, 3.8) is 0 Å². The number of halogens is 2. The molecular formula is C29H34F2N4O5S. The number of amides is 1. The van der Waals surface area contributed by atoms with E-state index in [-0.39, 0.29) is 59.0 Å². The maximum absolute atomic E-state index is 14.7. The summed E-state index contributed by atoms with van der Waals surface area (Å²) in [5.74, 6) is -2.09. The highest BCUT2D eigenvalue weighted by molar-refractivity contribution is 7.90. The molecule has 1 aliphatic carbocycles. The molecule has 1 aliphatic rings. The molecule has 9 nitrogen and oxygen atoms in total. The number of aromatic nitrogens is 2. The summed E-state index contributed by atoms with van der Waals surface area (Å²) in [6, 6.07) is 7.83. The van der Waals surface area contributed by atoms with Crippen LogP contribution in [0.5, 0.6) is 5.75 Å². The highest BCUT2D eigenvalue weighted by Crippen LogP contribution is 2.41. The highest BCUT2D eigenvalue weighted by atomic mass is 32.2. The molecule has 12 heteroatoms. The molecule has 2 heterocycles. The molecule has 4 unspecified atom stereocenters. The van der Waals surface area contributed by atoms with E-state index in [1.807, 2.05) is 13.0 Å². The summed E-state index contributed by atoms with van der Waals surface area (Å²) in [6.07, 6.45) is 6.09. The average Bonchev–Trinajstić information content (AvgIpc) is 2.93. The van der Waals surface area contributed by atoms with E-state index in [0.29, 0.717) is 18.5 Å². The Labute approximate surface area is 238 Å². The Kier molecular flexibility index (Phi) is 9.67. The van der Waals surface area contributed by atoms with E-state index in [9.17, 15) is 22.0 Å². The SMILES string of the molecule is CCC1CC(c2ccncc2NC(=O)c2ccc(F)c(-c3c(F)cccc3OC)n2)CC(N)C1OCCS(C)(=O)=O. The van der Waals surface area contributed by atoms with Gasteiger partial charge in [-0.1, -0.05) is 19.4 Å². The molecule has 0 radical (unpaired) electrons. The number of carbonyl (C=O) groups excluding carboxylic acids is 1. The van der Waals surface area contributed by atoms with Gasteiger partial charge in [-0.15, -0.1) is 0 Å². The number of pyridine rings is 2. The van der Waals surface area contributed by atoms with E-state index in [0.717, 1.165) is 24.1 Å². The Morgan fingerprint density at radius 1 is 1.15 bits per heavy atom. The zero-order chi connectivity index (χ0) is 29.7. The minimum Gasteiger partial charge on any atom is -0.496 e. The van der Waals surface area contributed by atoms with Gasteiger partial charge in [0, 0.05) is 18.5 Å². The van der Waals surface area contributed by atoms with Gasteiger partial charge in [-0.05, 0) is 60.6 Å². The summed E-state index contributed by atoms with van der Waals surface area (Å²) >= 11 is 0. The molecule has 1 aromatic carbocycles. The smallest absolute Gasteiger partial charge is 0.274 e. The first-order valence-electron chi connectivity index (χ1n) is 13.3. The van der Waals surface area contributed by atoms with Crippen LogP contribution in [0.25, 0.3) is 11.3 Å². The van der Waals surface area contributed by atoms with Gasteiger partial charge in [0.15, 0.2) is 0 Å². The largest absolute Gasteiger partial charge is 0.496 e. The lowest BCUT2D eigenvalue weighted by molar-refractivity contribution is -0.0224. The van der Waals surface area contributed by atoms with Crippen molar-refractivity contribution in [3.05, 3.63) is 71.7 Å². The van der Waals surface area contributed by atoms with Crippen LogP contribution in [0.1, 0.15) is 48.2 Å². The van der Waals surface area contributed by atoms with Crippen LogP contribution >= 0.6 is 0 Å². The van der Waals surface area contributed by atoms with Crippen LogP contribution in [-0.2, 0) is 14.6 Å². The van der Waals surface area contributed by atoms with Crippen molar-refractivity contribution in [3.8, 4) is 17.0 Å². The number of ether oxygens (including phenoxy) is 2. The molecule has 0 bridgehead atoms. The molecule has 1 fully saturated rings. The molecule has 4 rings (SSSR count). The Morgan fingerprint density at radius 2 is 1.93 bits per heavy atom. The second-order valence-electron chi connectivity index (χ2n) is 10.2. The van der Waals surface area contributed by atoms with E-state index in [4.69, 9.17) is 15.2 Å². The second kappa shape index (κ2) is 13.0. The number of methoxy groups -OCH3 is 1. The number of rotatable bonds is 10. The number of hydrogen-bond donors (Lipinski definition) is 2. The molecule has 1 saturated carbocycles. The molecule has 1 amide bonds. The molecule has 3 aromatic rings. The highest BCUT2D eigenvalue weighted by Gasteiger charge is 2.37. The molecule has 3 N–H and O–H groups in total. The predicted molar refractivity (Wildman–Crippen MR) is 152 cm³/mol. The Balaban J connectivity index is 1.55. The van der Waals surface area contributed by atoms with Crippen molar-refractivity contribution in [2.24, 2.45) is 11.7 Å². The summed E-state index contributed by atoms with van der Waals surface area (Å²) in [5.41, 5.74) is 7.17. The number of hydrogen-bond acceptors (Lipinski definition) is 8. The summed E-state index contributed by atoms with van der Waals surface area (Å²) in [5, 5.41) is 2.83. The summed E-state index contributed by atoms with van der Waals surface area (Å²) in [7, 11) is -1.82. The van der Waals surface area contributed by atoms with Gasteiger partial charge in [0.05, 0.1) is 43.0 Å². The Hall–Kier alpha value is -3.48. The number of nitrogens with zero attached hydrogens (tertiary/aromatic N) is 2. The molecule has 41 heavy (non-hydrogen) atoms. The van der Waals surface area contributed by atoms with E-state index in [2.05, 4.69) is 15.3 Å². The quantitative estimate of drug-likeness (QED) is 0.357. The van der Waals surface area contributed by atoms with Crippen LogP contribution in [0.3, 0.4) is 0 Å². The molecule has 0 spiro atoms. The summed E-state index contributed by atoms with van der Waals surface area (Å²) in [4.78, 5) is 21.6. The van der Waals surface area contributed by atoms with Gasteiger partial charge in [0.2, 0.25) is 0 Å². The van der Waals surface area contributed by atoms with Gasteiger partial charge in [-0.25, -0.2) is 22.2 Å². The van der Waals surface area contributed by atoms with Crippen LogP contribution in [-0.4, -0.2) is 62.2 Å². The van der Waals surface area contributed by atoms with E-state index in [1.165, 1.54) is 37.8 Å². The topological polar surface area (TPSA) is 134 Å². The molecule has 4 atom stereocenters. The van der Waals surface area contributed by atoms with Crippen molar-refractivity contribution < 1.29 is 31.5 Å². The van der Waals surface area contributed by atoms with Crippen LogP contribution < -0.4 is 15.8 Å². The standard InChI is InChI=1S/C29H34F2N4O5S/c1-4-17-14-18(15-22(32)28(17)40-12-13-41(3,37)38)19-10-11-33-16-24(19)35-29(36)23-9-8-21(31)27(34-23)26-20(30)6-5-7-25(26)39-2/h5-11,16-18,22,28H,4,12-15,32H2,1-3H3,(H,35,36). The fourth-order valence-electron chi connectivity index (χ4n) is 5.36. The number of carbonyl (C=O) groups is 1.